The highest BCUT2D eigenvalue weighted by Crippen LogP contribution is 2.30. The molecule has 0 saturated carbocycles. The predicted molar refractivity (Wildman–Crippen MR) is 89.9 cm³/mol. The summed E-state index contributed by atoms with van der Waals surface area (Å²) in [5.41, 5.74) is 6.01. The van der Waals surface area contributed by atoms with E-state index in [0.29, 0.717) is 17.5 Å². The van der Waals surface area contributed by atoms with Crippen molar-refractivity contribution in [1.29, 1.82) is 0 Å². The summed E-state index contributed by atoms with van der Waals surface area (Å²) in [6.07, 6.45) is 0.457. The molecule has 4 N–H and O–H groups in total. The number of hydrogen-bond acceptors (Lipinski definition) is 4. The lowest BCUT2D eigenvalue weighted by atomic mass is 10.0. The fourth-order valence-electron chi connectivity index (χ4n) is 2.26. The van der Waals surface area contributed by atoms with Crippen molar-refractivity contribution in [3.05, 3.63) is 58.1 Å². The first-order valence-electron chi connectivity index (χ1n) is 7.29. The molecule has 0 heterocycles. The van der Waals surface area contributed by atoms with Crippen LogP contribution in [0, 0.1) is 0 Å². The molecule has 0 saturated heterocycles. The van der Waals surface area contributed by atoms with Gasteiger partial charge in [-0.05, 0) is 41.8 Å². The van der Waals surface area contributed by atoms with Crippen molar-refractivity contribution < 1.29 is 19.8 Å². The Balaban J connectivity index is 2.00. The van der Waals surface area contributed by atoms with Crippen LogP contribution in [0.4, 0.5) is 0 Å². The Hall–Kier alpha value is -2.73. The van der Waals surface area contributed by atoms with Gasteiger partial charge in [-0.25, -0.2) is 0 Å². The maximum atomic E-state index is 12.2. The Kier molecular flexibility index (Phi) is 5.65. The quantitative estimate of drug-likeness (QED) is 0.637. The first-order valence-corrected chi connectivity index (χ1v) is 7.67. The van der Waals surface area contributed by atoms with Crippen LogP contribution >= 0.6 is 11.6 Å². The van der Waals surface area contributed by atoms with Crippen LogP contribution in [-0.2, 0) is 17.6 Å². The number of amides is 2. The number of halogens is 1. The zero-order valence-electron chi connectivity index (χ0n) is 13.0. The first kappa shape index (κ1) is 17.6. The van der Waals surface area contributed by atoms with E-state index >= 15 is 0 Å². The highest BCUT2D eigenvalue weighted by molar-refractivity contribution is 6.33. The largest absolute Gasteiger partial charge is 0.508 e. The summed E-state index contributed by atoms with van der Waals surface area (Å²) in [7, 11) is 0. The number of nitrogens with one attached hydrogen (secondary N) is 2. The topological polar surface area (TPSA) is 98.7 Å². The molecule has 0 radical (unpaired) electrons. The zero-order chi connectivity index (χ0) is 17.7. The highest BCUT2D eigenvalue weighted by atomic mass is 35.5. The monoisotopic (exact) mass is 348 g/mol. The third-order valence-electron chi connectivity index (χ3n) is 3.41. The van der Waals surface area contributed by atoms with Crippen LogP contribution in [0.15, 0.2) is 36.4 Å². The number of hydrogen-bond donors (Lipinski definition) is 4. The number of carbonyl (C=O) groups excluding carboxylic acids is 2. The Morgan fingerprint density at radius 2 is 1.88 bits per heavy atom. The van der Waals surface area contributed by atoms with E-state index in [1.807, 2.05) is 0 Å². The molecule has 126 valence electrons. The number of hydrazine groups is 1. The van der Waals surface area contributed by atoms with Gasteiger partial charge in [0.2, 0.25) is 5.91 Å². The summed E-state index contributed by atoms with van der Waals surface area (Å²) in [4.78, 5) is 24.1. The van der Waals surface area contributed by atoms with E-state index in [1.54, 1.807) is 19.1 Å². The minimum absolute atomic E-state index is 0.00560. The van der Waals surface area contributed by atoms with Gasteiger partial charge in [-0.2, -0.15) is 0 Å². The maximum Gasteiger partial charge on any atom is 0.270 e. The average molecular weight is 349 g/mol. The smallest absolute Gasteiger partial charge is 0.270 e. The van der Waals surface area contributed by atoms with E-state index in [0.717, 1.165) is 0 Å². The lowest BCUT2D eigenvalue weighted by Gasteiger charge is -2.12. The van der Waals surface area contributed by atoms with Gasteiger partial charge >= 0.3 is 0 Å². The fraction of sp³-hybridized carbons (Fsp3) is 0.176. The molecule has 2 aromatic rings. The van der Waals surface area contributed by atoms with E-state index in [9.17, 15) is 19.8 Å². The second kappa shape index (κ2) is 7.70. The summed E-state index contributed by atoms with van der Waals surface area (Å²) in [5.74, 6) is -0.997. The van der Waals surface area contributed by atoms with Crippen LogP contribution in [0.5, 0.6) is 11.5 Å². The number of rotatable bonds is 4. The van der Waals surface area contributed by atoms with E-state index in [4.69, 9.17) is 11.6 Å². The van der Waals surface area contributed by atoms with Gasteiger partial charge in [-0.15, -0.1) is 0 Å². The van der Waals surface area contributed by atoms with Crippen LogP contribution in [0.25, 0.3) is 0 Å². The van der Waals surface area contributed by atoms with Gasteiger partial charge in [0.15, 0.2) is 0 Å². The Morgan fingerprint density at radius 1 is 1.12 bits per heavy atom. The van der Waals surface area contributed by atoms with Gasteiger partial charge < -0.3 is 10.2 Å². The first-order chi connectivity index (χ1) is 11.4. The summed E-state index contributed by atoms with van der Waals surface area (Å²) in [5, 5.41) is 19.1. The third kappa shape index (κ3) is 4.17. The van der Waals surface area contributed by atoms with Crippen molar-refractivity contribution in [1.82, 2.24) is 10.9 Å². The van der Waals surface area contributed by atoms with E-state index in [1.165, 1.54) is 24.3 Å². The number of carbonyl (C=O) groups is 2. The van der Waals surface area contributed by atoms with E-state index in [-0.39, 0.29) is 28.5 Å². The molecule has 0 fully saturated rings. The van der Waals surface area contributed by atoms with Gasteiger partial charge in [0.05, 0.1) is 11.4 Å². The van der Waals surface area contributed by atoms with E-state index < -0.39 is 11.8 Å². The highest BCUT2D eigenvalue weighted by Gasteiger charge is 2.16. The molecule has 2 rings (SSSR count). The molecule has 2 amide bonds. The molecular weight excluding hydrogens is 332 g/mol. The second-order valence-corrected chi connectivity index (χ2v) is 5.51. The molecule has 6 nitrogen and oxygen atoms in total. The minimum atomic E-state index is -0.530. The van der Waals surface area contributed by atoms with Crippen molar-refractivity contribution >= 4 is 23.4 Å². The Labute approximate surface area is 144 Å². The normalized spacial score (nSPS) is 10.2. The fourth-order valence-corrected chi connectivity index (χ4v) is 2.56. The second-order valence-electron chi connectivity index (χ2n) is 5.13. The molecule has 0 aromatic heterocycles. The molecule has 0 unspecified atom stereocenters. The third-order valence-corrected chi connectivity index (χ3v) is 3.83. The van der Waals surface area contributed by atoms with Crippen molar-refractivity contribution in [2.45, 2.75) is 19.8 Å². The van der Waals surface area contributed by atoms with Gasteiger partial charge in [0, 0.05) is 5.56 Å². The number of benzene rings is 2. The van der Waals surface area contributed by atoms with Gasteiger partial charge in [-0.3, -0.25) is 20.4 Å². The molecule has 7 heteroatoms. The molecule has 0 bridgehead atoms. The standard InChI is InChI=1S/C17H17ClN2O4/c1-2-12-13(6-7-14(22)16(12)18)17(24)20-19-15(23)9-10-4-3-5-11(21)8-10/h3-8,21-22H,2,9H2,1H3,(H,19,23)(H,20,24). The SMILES string of the molecule is CCc1c(C(=O)NNC(=O)Cc2cccc(O)c2)ccc(O)c1Cl. The van der Waals surface area contributed by atoms with Gasteiger partial charge in [0.25, 0.3) is 5.91 Å². The molecule has 0 spiro atoms. The molecule has 0 aliphatic heterocycles. The van der Waals surface area contributed by atoms with Crippen LogP contribution in [0.3, 0.4) is 0 Å². The molecular formula is C17H17ClN2O4. The van der Waals surface area contributed by atoms with Crippen molar-refractivity contribution in [2.75, 3.05) is 0 Å². The lowest BCUT2D eigenvalue weighted by molar-refractivity contribution is -0.121. The summed E-state index contributed by atoms with van der Waals surface area (Å²) >= 11 is 5.99. The number of phenolic OH excluding ortho intramolecular Hbond substituents is 2. The Bertz CT molecular complexity index is 777. The Morgan fingerprint density at radius 3 is 2.54 bits per heavy atom. The van der Waals surface area contributed by atoms with E-state index in [2.05, 4.69) is 10.9 Å². The zero-order valence-corrected chi connectivity index (χ0v) is 13.7. The van der Waals surface area contributed by atoms with Crippen molar-refractivity contribution in [3.8, 4) is 11.5 Å². The number of aromatic hydroxyl groups is 2. The van der Waals surface area contributed by atoms with Crippen molar-refractivity contribution in [2.24, 2.45) is 0 Å². The molecule has 0 aliphatic carbocycles. The van der Waals surface area contributed by atoms with Crippen LogP contribution in [0.2, 0.25) is 5.02 Å². The molecule has 0 aliphatic rings. The summed E-state index contributed by atoms with van der Waals surface area (Å²) < 4.78 is 0. The van der Waals surface area contributed by atoms with Crippen LogP contribution in [0.1, 0.15) is 28.4 Å². The predicted octanol–water partition coefficient (Wildman–Crippen LogP) is 2.32. The van der Waals surface area contributed by atoms with Crippen LogP contribution in [-0.4, -0.2) is 22.0 Å². The molecule has 24 heavy (non-hydrogen) atoms. The van der Waals surface area contributed by atoms with Gasteiger partial charge in [-0.1, -0.05) is 30.7 Å². The minimum Gasteiger partial charge on any atom is -0.508 e. The molecule has 0 atom stereocenters. The lowest BCUT2D eigenvalue weighted by Crippen LogP contribution is -2.42. The summed E-state index contributed by atoms with van der Waals surface area (Å²) in [6.45, 7) is 1.80. The van der Waals surface area contributed by atoms with Crippen molar-refractivity contribution in [3.63, 3.8) is 0 Å². The average Bonchev–Trinajstić information content (AvgIpc) is 2.55. The maximum absolute atomic E-state index is 12.2. The summed E-state index contributed by atoms with van der Waals surface area (Å²) in [6, 6.07) is 9.06. The molecule has 2 aromatic carbocycles. The van der Waals surface area contributed by atoms with Crippen LogP contribution < -0.4 is 10.9 Å². The number of phenols is 2. The van der Waals surface area contributed by atoms with Gasteiger partial charge in [0.1, 0.15) is 11.5 Å².